The molecule has 0 fully saturated rings. The van der Waals surface area contributed by atoms with Crippen molar-refractivity contribution in [1.29, 1.82) is 0 Å². The van der Waals surface area contributed by atoms with Gasteiger partial charge in [0.2, 0.25) is 11.8 Å². The topological polar surface area (TPSA) is 58.6 Å². The Hall–Kier alpha value is -2.82. The lowest BCUT2D eigenvalue weighted by Gasteiger charge is -2.31. The van der Waals surface area contributed by atoms with E-state index in [4.69, 9.17) is 4.74 Å². The van der Waals surface area contributed by atoms with Crippen LogP contribution in [-0.4, -0.2) is 36.4 Å². The van der Waals surface area contributed by atoms with Crippen LogP contribution in [0.3, 0.4) is 0 Å². The van der Waals surface area contributed by atoms with E-state index < -0.39 is 6.04 Å². The van der Waals surface area contributed by atoms with Crippen LogP contribution in [0.15, 0.2) is 54.6 Å². The van der Waals surface area contributed by atoms with Crippen LogP contribution in [0.2, 0.25) is 0 Å². The summed E-state index contributed by atoms with van der Waals surface area (Å²) in [4.78, 5) is 27.7. The Morgan fingerprint density at radius 1 is 1.00 bits per heavy atom. The third kappa shape index (κ3) is 6.93. The third-order valence-electron chi connectivity index (χ3n) is 4.78. The van der Waals surface area contributed by atoms with Crippen LogP contribution in [0.25, 0.3) is 0 Å². The van der Waals surface area contributed by atoms with Gasteiger partial charge in [0.05, 0.1) is 13.5 Å². The Labute approximate surface area is 174 Å². The molecule has 0 spiro atoms. The minimum atomic E-state index is -0.507. The zero-order valence-electron chi connectivity index (χ0n) is 17.9. The molecule has 1 N–H and O–H groups in total. The molecule has 2 aromatic rings. The maximum absolute atomic E-state index is 13.2. The zero-order chi connectivity index (χ0) is 21.2. The van der Waals surface area contributed by atoms with E-state index in [1.807, 2.05) is 61.5 Å². The number of carbonyl (C=O) groups excluding carboxylic acids is 2. The number of carbonyl (C=O) groups is 2. The van der Waals surface area contributed by atoms with Crippen molar-refractivity contribution in [3.63, 3.8) is 0 Å². The van der Waals surface area contributed by atoms with Crippen molar-refractivity contribution < 1.29 is 14.3 Å². The highest BCUT2D eigenvalue weighted by Gasteiger charge is 2.28. The summed E-state index contributed by atoms with van der Waals surface area (Å²) in [6.45, 7) is 7.02. The van der Waals surface area contributed by atoms with E-state index in [-0.39, 0.29) is 18.2 Å². The Morgan fingerprint density at radius 3 is 2.21 bits per heavy atom. The largest absolute Gasteiger partial charge is 0.497 e. The summed E-state index contributed by atoms with van der Waals surface area (Å²) in [6.07, 6.45) is 0.825. The molecule has 0 radical (unpaired) electrons. The van der Waals surface area contributed by atoms with Gasteiger partial charge in [-0.3, -0.25) is 9.59 Å². The highest BCUT2D eigenvalue weighted by molar-refractivity contribution is 5.88. The number of amides is 2. The summed E-state index contributed by atoms with van der Waals surface area (Å²) in [5, 5.41) is 2.98. The molecule has 0 unspecified atom stereocenters. The van der Waals surface area contributed by atoms with Gasteiger partial charge in [-0.2, -0.15) is 0 Å². The molecule has 2 rings (SSSR count). The first kappa shape index (κ1) is 22.5. The molecule has 0 aliphatic carbocycles. The van der Waals surface area contributed by atoms with Crippen molar-refractivity contribution in [2.45, 2.75) is 46.2 Å². The average molecular weight is 397 g/mol. The summed E-state index contributed by atoms with van der Waals surface area (Å²) >= 11 is 0. The lowest BCUT2D eigenvalue weighted by atomic mass is 10.1. The van der Waals surface area contributed by atoms with Crippen molar-refractivity contribution in [2.24, 2.45) is 5.92 Å². The second kappa shape index (κ2) is 11.2. The molecule has 2 amide bonds. The standard InChI is InChI=1S/C24H32N2O3/c1-5-22(24(28)25-16-18(2)3)26(17-20-11-13-21(29-4)14-12-20)23(27)15-19-9-7-6-8-10-19/h6-14,18,22H,5,15-17H2,1-4H3,(H,25,28)/t22-/m1/s1. The Kier molecular flexibility index (Phi) is 8.71. The molecular formula is C24H32N2O3. The zero-order valence-corrected chi connectivity index (χ0v) is 17.9. The summed E-state index contributed by atoms with van der Waals surface area (Å²) < 4.78 is 5.22. The van der Waals surface area contributed by atoms with E-state index in [0.717, 1.165) is 16.9 Å². The normalized spacial score (nSPS) is 11.8. The van der Waals surface area contributed by atoms with Crippen molar-refractivity contribution >= 4 is 11.8 Å². The van der Waals surface area contributed by atoms with E-state index in [9.17, 15) is 9.59 Å². The molecule has 29 heavy (non-hydrogen) atoms. The number of hydrogen-bond acceptors (Lipinski definition) is 3. The Morgan fingerprint density at radius 2 is 1.66 bits per heavy atom. The molecule has 1 atom stereocenters. The van der Waals surface area contributed by atoms with Gasteiger partial charge in [0, 0.05) is 13.1 Å². The van der Waals surface area contributed by atoms with Crippen LogP contribution in [0, 0.1) is 5.92 Å². The fraction of sp³-hybridized carbons (Fsp3) is 0.417. The minimum absolute atomic E-state index is 0.0569. The number of nitrogens with zero attached hydrogens (tertiary/aromatic N) is 1. The SMILES string of the molecule is CC[C@H](C(=O)NCC(C)C)N(Cc1ccc(OC)cc1)C(=O)Cc1ccccc1. The van der Waals surface area contributed by atoms with Gasteiger partial charge in [-0.25, -0.2) is 0 Å². The predicted octanol–water partition coefficient (Wildman–Crippen LogP) is 3.82. The molecule has 5 heteroatoms. The molecule has 2 aromatic carbocycles. The van der Waals surface area contributed by atoms with Crippen LogP contribution in [-0.2, 0) is 22.6 Å². The van der Waals surface area contributed by atoms with Crippen LogP contribution in [0.1, 0.15) is 38.3 Å². The van der Waals surface area contributed by atoms with Crippen molar-refractivity contribution in [2.75, 3.05) is 13.7 Å². The summed E-state index contributed by atoms with van der Waals surface area (Å²) in [5.74, 6) is 0.957. The summed E-state index contributed by atoms with van der Waals surface area (Å²) in [7, 11) is 1.62. The van der Waals surface area contributed by atoms with E-state index in [1.165, 1.54) is 0 Å². The lowest BCUT2D eigenvalue weighted by molar-refractivity contribution is -0.141. The van der Waals surface area contributed by atoms with Gasteiger partial charge in [-0.05, 0) is 35.6 Å². The van der Waals surface area contributed by atoms with E-state index in [2.05, 4.69) is 19.2 Å². The molecule has 156 valence electrons. The molecule has 0 aromatic heterocycles. The smallest absolute Gasteiger partial charge is 0.242 e. The van der Waals surface area contributed by atoms with Gasteiger partial charge in [0.25, 0.3) is 0 Å². The molecule has 0 aliphatic rings. The fourth-order valence-corrected chi connectivity index (χ4v) is 3.14. The molecule has 0 saturated carbocycles. The number of benzene rings is 2. The van der Waals surface area contributed by atoms with Gasteiger partial charge in [0.1, 0.15) is 11.8 Å². The predicted molar refractivity (Wildman–Crippen MR) is 116 cm³/mol. The number of rotatable bonds is 10. The van der Waals surface area contributed by atoms with E-state index >= 15 is 0 Å². The first-order valence-electron chi connectivity index (χ1n) is 10.2. The number of methoxy groups -OCH3 is 1. The van der Waals surface area contributed by atoms with Crippen LogP contribution in [0.4, 0.5) is 0 Å². The van der Waals surface area contributed by atoms with Gasteiger partial charge >= 0.3 is 0 Å². The molecule has 0 saturated heterocycles. The Bertz CT molecular complexity index is 772. The third-order valence-corrected chi connectivity index (χ3v) is 4.78. The first-order chi connectivity index (χ1) is 13.9. The van der Waals surface area contributed by atoms with Crippen LogP contribution >= 0.6 is 0 Å². The molecular weight excluding hydrogens is 364 g/mol. The maximum Gasteiger partial charge on any atom is 0.242 e. The fourth-order valence-electron chi connectivity index (χ4n) is 3.14. The van der Waals surface area contributed by atoms with Crippen LogP contribution in [0.5, 0.6) is 5.75 Å². The van der Waals surface area contributed by atoms with Gasteiger partial charge in [-0.1, -0.05) is 63.2 Å². The van der Waals surface area contributed by atoms with E-state index in [1.54, 1.807) is 12.0 Å². The maximum atomic E-state index is 13.2. The van der Waals surface area contributed by atoms with Crippen molar-refractivity contribution in [1.82, 2.24) is 10.2 Å². The second-order valence-corrected chi connectivity index (χ2v) is 7.60. The van der Waals surface area contributed by atoms with Gasteiger partial charge < -0.3 is 15.0 Å². The number of nitrogens with one attached hydrogen (secondary N) is 1. The number of ether oxygens (including phenoxy) is 1. The monoisotopic (exact) mass is 396 g/mol. The van der Waals surface area contributed by atoms with Crippen molar-refractivity contribution in [3.05, 3.63) is 65.7 Å². The molecule has 0 heterocycles. The summed E-state index contributed by atoms with van der Waals surface area (Å²) in [6, 6.07) is 16.7. The highest BCUT2D eigenvalue weighted by Crippen LogP contribution is 2.17. The first-order valence-corrected chi connectivity index (χ1v) is 10.2. The second-order valence-electron chi connectivity index (χ2n) is 7.60. The number of hydrogen-bond donors (Lipinski definition) is 1. The average Bonchev–Trinajstić information content (AvgIpc) is 2.73. The van der Waals surface area contributed by atoms with Crippen LogP contribution < -0.4 is 10.1 Å². The molecule has 0 aliphatic heterocycles. The van der Waals surface area contributed by atoms with Crippen molar-refractivity contribution in [3.8, 4) is 5.75 Å². The lowest BCUT2D eigenvalue weighted by Crippen LogP contribution is -2.50. The highest BCUT2D eigenvalue weighted by atomic mass is 16.5. The molecule has 0 bridgehead atoms. The van der Waals surface area contributed by atoms with E-state index in [0.29, 0.717) is 25.4 Å². The minimum Gasteiger partial charge on any atom is -0.497 e. The van der Waals surface area contributed by atoms with Gasteiger partial charge in [0.15, 0.2) is 0 Å². The Balaban J connectivity index is 2.23. The summed E-state index contributed by atoms with van der Waals surface area (Å²) in [5.41, 5.74) is 1.90. The molecule has 5 nitrogen and oxygen atoms in total. The quantitative estimate of drug-likeness (QED) is 0.664. The van der Waals surface area contributed by atoms with Gasteiger partial charge in [-0.15, -0.1) is 0 Å².